The fourth-order valence-electron chi connectivity index (χ4n) is 2.80. The zero-order chi connectivity index (χ0) is 18.4. The van der Waals surface area contributed by atoms with Crippen molar-refractivity contribution in [1.29, 1.82) is 5.26 Å². The molecule has 0 N–H and O–H groups in total. The summed E-state index contributed by atoms with van der Waals surface area (Å²) in [7, 11) is -3.50. The number of hydrogen-bond acceptors (Lipinski definition) is 5. The highest BCUT2D eigenvalue weighted by molar-refractivity contribution is 7.90. The van der Waals surface area contributed by atoms with E-state index in [9.17, 15) is 13.2 Å². The summed E-state index contributed by atoms with van der Waals surface area (Å²) in [6, 6.07) is 8.64. The third-order valence-corrected chi connectivity index (χ3v) is 5.51. The first-order chi connectivity index (χ1) is 11.8. The average molecular weight is 359 g/mol. The van der Waals surface area contributed by atoms with Gasteiger partial charge in [-0.05, 0) is 30.0 Å². The molecular weight excluding hydrogens is 338 g/mol. The van der Waals surface area contributed by atoms with E-state index in [2.05, 4.69) is 4.98 Å². The largest absolute Gasteiger partial charge is 0.278 e. The standard InChI is InChI=1S/C18H21N3O3S/c1-14(2)7-17(21(12-19)13-22)11-25(23,24)10-15-8-16-5-3-4-6-18(16)20-9-15/h3-6,8-9,13-14,17H,7,10-11H2,1-2H3/t17-/m0/s1. The molecule has 0 saturated carbocycles. The van der Waals surface area contributed by atoms with Gasteiger partial charge in [0, 0.05) is 11.6 Å². The number of pyridine rings is 1. The van der Waals surface area contributed by atoms with Crippen LogP contribution in [0.5, 0.6) is 0 Å². The van der Waals surface area contributed by atoms with Crippen LogP contribution in [0.2, 0.25) is 0 Å². The molecule has 7 heteroatoms. The fraction of sp³-hybridized carbons (Fsp3) is 0.389. The molecule has 1 amide bonds. The van der Waals surface area contributed by atoms with E-state index in [0.29, 0.717) is 18.4 Å². The third-order valence-electron chi connectivity index (χ3n) is 3.85. The van der Waals surface area contributed by atoms with Crippen LogP contribution in [0.3, 0.4) is 0 Å². The van der Waals surface area contributed by atoms with E-state index in [4.69, 9.17) is 5.26 Å². The van der Waals surface area contributed by atoms with Crippen LogP contribution in [0, 0.1) is 17.4 Å². The van der Waals surface area contributed by atoms with Crippen LogP contribution in [0.15, 0.2) is 36.5 Å². The Balaban J connectivity index is 2.20. The molecule has 0 bridgehead atoms. The summed E-state index contributed by atoms with van der Waals surface area (Å²) in [5, 5.41) is 9.93. The number of rotatable bonds is 8. The lowest BCUT2D eigenvalue weighted by atomic mass is 10.0. The third kappa shape index (κ3) is 5.26. The molecular formula is C18H21N3O3S. The van der Waals surface area contributed by atoms with Crippen LogP contribution in [0.4, 0.5) is 0 Å². The number of para-hydroxylation sites is 1. The number of benzene rings is 1. The number of aromatic nitrogens is 1. The maximum absolute atomic E-state index is 12.6. The molecule has 1 atom stereocenters. The summed E-state index contributed by atoms with van der Waals surface area (Å²) >= 11 is 0. The Morgan fingerprint density at radius 2 is 2.04 bits per heavy atom. The predicted molar refractivity (Wildman–Crippen MR) is 96.0 cm³/mol. The van der Waals surface area contributed by atoms with Gasteiger partial charge in [0.1, 0.15) is 0 Å². The molecule has 0 spiro atoms. The van der Waals surface area contributed by atoms with Gasteiger partial charge in [0.15, 0.2) is 16.0 Å². The number of fused-ring (bicyclic) bond motifs is 1. The zero-order valence-electron chi connectivity index (χ0n) is 14.3. The first kappa shape index (κ1) is 18.9. The second kappa shape index (κ2) is 8.08. The van der Waals surface area contributed by atoms with Crippen molar-refractivity contribution in [3.8, 4) is 6.19 Å². The zero-order valence-corrected chi connectivity index (χ0v) is 15.1. The van der Waals surface area contributed by atoms with E-state index in [1.54, 1.807) is 18.5 Å². The van der Waals surface area contributed by atoms with Gasteiger partial charge in [0.25, 0.3) is 0 Å². The van der Waals surface area contributed by atoms with Gasteiger partial charge in [0.05, 0.1) is 23.1 Å². The number of nitrogens with zero attached hydrogens (tertiary/aromatic N) is 3. The molecule has 2 aromatic rings. The lowest BCUT2D eigenvalue weighted by Gasteiger charge is -2.23. The molecule has 0 aliphatic carbocycles. The molecule has 132 valence electrons. The Kier molecular flexibility index (Phi) is 6.10. The Hall–Kier alpha value is -2.46. The summed E-state index contributed by atoms with van der Waals surface area (Å²) < 4.78 is 25.2. The van der Waals surface area contributed by atoms with Gasteiger partial charge < -0.3 is 0 Å². The molecule has 0 radical (unpaired) electrons. The Labute approximate surface area is 148 Å². The second-order valence-electron chi connectivity index (χ2n) is 6.49. The van der Waals surface area contributed by atoms with E-state index in [1.165, 1.54) is 0 Å². The number of carbonyl (C=O) groups excluding carboxylic acids is 1. The molecule has 0 fully saturated rings. The Bertz CT molecular complexity index is 888. The summed E-state index contributed by atoms with van der Waals surface area (Å²) in [6.07, 6.45) is 4.15. The minimum atomic E-state index is -3.50. The molecule has 2 rings (SSSR count). The number of nitriles is 1. The van der Waals surface area contributed by atoms with Gasteiger partial charge in [-0.2, -0.15) is 5.26 Å². The van der Waals surface area contributed by atoms with Crippen molar-refractivity contribution in [2.45, 2.75) is 32.1 Å². The fourth-order valence-corrected chi connectivity index (χ4v) is 4.47. The van der Waals surface area contributed by atoms with E-state index < -0.39 is 15.9 Å². The number of sulfone groups is 1. The molecule has 1 aromatic carbocycles. The first-order valence-electron chi connectivity index (χ1n) is 8.02. The number of amides is 1. The molecule has 6 nitrogen and oxygen atoms in total. The molecule has 0 aliphatic heterocycles. The van der Waals surface area contributed by atoms with E-state index in [0.717, 1.165) is 15.8 Å². The van der Waals surface area contributed by atoms with Crippen molar-refractivity contribution in [3.05, 3.63) is 42.1 Å². The van der Waals surface area contributed by atoms with Crippen molar-refractivity contribution >= 4 is 27.2 Å². The van der Waals surface area contributed by atoms with Crippen LogP contribution in [0.1, 0.15) is 25.8 Å². The maximum Gasteiger partial charge on any atom is 0.223 e. The smallest absolute Gasteiger partial charge is 0.223 e. The number of carbonyl (C=O) groups is 1. The molecule has 0 unspecified atom stereocenters. The van der Waals surface area contributed by atoms with Crippen LogP contribution < -0.4 is 0 Å². The van der Waals surface area contributed by atoms with Crippen molar-refractivity contribution in [3.63, 3.8) is 0 Å². The van der Waals surface area contributed by atoms with Crippen LogP contribution in [-0.4, -0.2) is 36.5 Å². The van der Waals surface area contributed by atoms with Gasteiger partial charge in [-0.15, -0.1) is 0 Å². The minimum Gasteiger partial charge on any atom is -0.278 e. The topological polar surface area (TPSA) is 91.1 Å². The highest BCUT2D eigenvalue weighted by Gasteiger charge is 2.25. The molecule has 1 aromatic heterocycles. The van der Waals surface area contributed by atoms with Gasteiger partial charge in [0.2, 0.25) is 6.41 Å². The normalized spacial score (nSPS) is 12.7. The Morgan fingerprint density at radius 1 is 1.32 bits per heavy atom. The van der Waals surface area contributed by atoms with Gasteiger partial charge in [-0.25, -0.2) is 13.3 Å². The highest BCUT2D eigenvalue weighted by Crippen LogP contribution is 2.18. The lowest BCUT2D eigenvalue weighted by Crippen LogP contribution is -2.37. The van der Waals surface area contributed by atoms with Gasteiger partial charge in [-0.1, -0.05) is 32.0 Å². The second-order valence-corrected chi connectivity index (χ2v) is 8.60. The van der Waals surface area contributed by atoms with Crippen LogP contribution >= 0.6 is 0 Å². The molecule has 0 saturated heterocycles. The maximum atomic E-state index is 12.6. The van der Waals surface area contributed by atoms with Crippen molar-refractivity contribution in [2.24, 2.45) is 5.92 Å². The monoisotopic (exact) mass is 359 g/mol. The predicted octanol–water partition coefficient (Wildman–Crippen LogP) is 2.50. The Morgan fingerprint density at radius 3 is 2.68 bits per heavy atom. The van der Waals surface area contributed by atoms with Crippen LogP contribution in [0.25, 0.3) is 10.9 Å². The number of hydrogen-bond donors (Lipinski definition) is 0. The van der Waals surface area contributed by atoms with E-state index in [1.807, 2.05) is 38.1 Å². The average Bonchev–Trinajstić information content (AvgIpc) is 2.54. The SMILES string of the molecule is CC(C)C[C@@H](CS(=O)(=O)Cc1cnc2ccccc2c1)N(C#N)C=O. The van der Waals surface area contributed by atoms with E-state index in [-0.39, 0.29) is 17.4 Å². The summed E-state index contributed by atoms with van der Waals surface area (Å²) in [5.41, 5.74) is 1.40. The minimum absolute atomic E-state index is 0.165. The summed E-state index contributed by atoms with van der Waals surface area (Å²) in [4.78, 5) is 16.2. The van der Waals surface area contributed by atoms with Crippen molar-refractivity contribution in [2.75, 3.05) is 5.75 Å². The highest BCUT2D eigenvalue weighted by atomic mass is 32.2. The summed E-state index contributed by atoms with van der Waals surface area (Å²) in [5.74, 6) is -0.250. The van der Waals surface area contributed by atoms with Crippen molar-refractivity contribution < 1.29 is 13.2 Å². The quantitative estimate of drug-likeness (QED) is 0.410. The van der Waals surface area contributed by atoms with E-state index >= 15 is 0 Å². The molecule has 1 heterocycles. The molecule has 0 aliphatic rings. The van der Waals surface area contributed by atoms with Gasteiger partial charge >= 0.3 is 0 Å². The van der Waals surface area contributed by atoms with Gasteiger partial charge in [-0.3, -0.25) is 9.78 Å². The lowest BCUT2D eigenvalue weighted by molar-refractivity contribution is -0.116. The van der Waals surface area contributed by atoms with Crippen LogP contribution in [-0.2, 0) is 20.4 Å². The molecule has 25 heavy (non-hydrogen) atoms. The summed E-state index contributed by atoms with van der Waals surface area (Å²) in [6.45, 7) is 3.85. The van der Waals surface area contributed by atoms with Crippen molar-refractivity contribution in [1.82, 2.24) is 9.88 Å². The first-order valence-corrected chi connectivity index (χ1v) is 9.84.